The molecule has 5 nitrogen and oxygen atoms in total. The zero-order valence-corrected chi connectivity index (χ0v) is 14.5. The molecule has 2 amide bonds. The third kappa shape index (κ3) is 3.25. The van der Waals surface area contributed by atoms with Gasteiger partial charge in [0.25, 0.3) is 5.91 Å². The van der Waals surface area contributed by atoms with E-state index in [9.17, 15) is 9.59 Å². The van der Waals surface area contributed by atoms with Crippen molar-refractivity contribution in [3.05, 3.63) is 29.8 Å². The van der Waals surface area contributed by atoms with Crippen LogP contribution in [0, 0.1) is 5.92 Å². The van der Waals surface area contributed by atoms with E-state index in [0.29, 0.717) is 17.2 Å². The van der Waals surface area contributed by atoms with Crippen molar-refractivity contribution in [2.75, 3.05) is 26.7 Å². The van der Waals surface area contributed by atoms with Gasteiger partial charge in [0.05, 0.1) is 12.7 Å². The molecule has 2 heterocycles. The van der Waals surface area contributed by atoms with E-state index in [4.69, 9.17) is 4.74 Å². The van der Waals surface area contributed by atoms with E-state index >= 15 is 0 Å². The first-order chi connectivity index (χ1) is 11.6. The number of ether oxygens (including phenoxy) is 1. The molecule has 0 bridgehead atoms. The van der Waals surface area contributed by atoms with Gasteiger partial charge < -0.3 is 14.5 Å². The Kier molecular flexibility index (Phi) is 5.07. The maximum absolute atomic E-state index is 13.2. The number of amides is 2. The van der Waals surface area contributed by atoms with Crippen LogP contribution in [0.3, 0.4) is 0 Å². The van der Waals surface area contributed by atoms with Crippen LogP contribution >= 0.6 is 0 Å². The topological polar surface area (TPSA) is 49.9 Å². The van der Waals surface area contributed by atoms with Crippen LogP contribution in [0.4, 0.5) is 0 Å². The molecule has 0 spiro atoms. The average molecular weight is 330 g/mol. The van der Waals surface area contributed by atoms with Crippen molar-refractivity contribution in [3.63, 3.8) is 0 Å². The van der Waals surface area contributed by atoms with Crippen molar-refractivity contribution >= 4 is 11.8 Å². The fourth-order valence-corrected chi connectivity index (χ4v) is 4.08. The normalized spacial score (nSPS) is 24.1. The lowest BCUT2D eigenvalue weighted by Crippen LogP contribution is -2.53. The molecule has 2 aliphatic heterocycles. The molecule has 0 aromatic heterocycles. The number of benzene rings is 1. The zero-order valence-electron chi connectivity index (χ0n) is 14.5. The van der Waals surface area contributed by atoms with Crippen molar-refractivity contribution in [1.29, 1.82) is 0 Å². The van der Waals surface area contributed by atoms with Gasteiger partial charge in [-0.1, -0.05) is 18.6 Å². The van der Waals surface area contributed by atoms with Gasteiger partial charge in [-0.15, -0.1) is 0 Å². The highest BCUT2D eigenvalue weighted by Gasteiger charge is 2.38. The maximum atomic E-state index is 13.2. The molecule has 1 aromatic rings. The number of hydrogen-bond donors (Lipinski definition) is 0. The summed E-state index contributed by atoms with van der Waals surface area (Å²) in [6.07, 6.45) is 4.09. The molecule has 3 rings (SSSR count). The van der Waals surface area contributed by atoms with Crippen molar-refractivity contribution in [2.45, 2.75) is 38.6 Å². The first-order valence-corrected chi connectivity index (χ1v) is 8.81. The molecule has 0 aliphatic carbocycles. The monoisotopic (exact) mass is 330 g/mol. The van der Waals surface area contributed by atoms with E-state index in [-0.39, 0.29) is 17.9 Å². The number of hydrogen-bond acceptors (Lipinski definition) is 3. The number of rotatable bonds is 2. The molecule has 2 atom stereocenters. The second kappa shape index (κ2) is 7.24. The first kappa shape index (κ1) is 16.8. The zero-order chi connectivity index (χ0) is 17.1. The van der Waals surface area contributed by atoms with Crippen LogP contribution in [0.2, 0.25) is 0 Å². The smallest absolute Gasteiger partial charge is 0.257 e. The molecule has 130 valence electrons. The number of para-hydroxylation sites is 1. The molecular weight excluding hydrogens is 304 g/mol. The molecule has 0 N–H and O–H groups in total. The Bertz CT molecular complexity index is 616. The van der Waals surface area contributed by atoms with Crippen LogP contribution in [0.5, 0.6) is 5.75 Å². The fraction of sp³-hybridized carbons (Fsp3) is 0.579. The molecule has 0 unspecified atom stereocenters. The number of methoxy groups -OCH3 is 1. The number of carbonyl (C=O) groups is 2. The van der Waals surface area contributed by atoms with E-state index in [1.165, 1.54) is 0 Å². The SMILES string of the molecule is COc1ccccc1C(=O)N1CCCC[C@@H]2CN(C(C)=O)CC[C@H]21. The van der Waals surface area contributed by atoms with Crippen molar-refractivity contribution < 1.29 is 14.3 Å². The number of carbonyl (C=O) groups excluding carboxylic acids is 2. The summed E-state index contributed by atoms with van der Waals surface area (Å²) in [6, 6.07) is 7.66. The Morgan fingerprint density at radius 3 is 2.67 bits per heavy atom. The predicted molar refractivity (Wildman–Crippen MR) is 92.0 cm³/mol. The van der Waals surface area contributed by atoms with E-state index in [1.807, 2.05) is 34.1 Å². The number of piperidine rings is 1. The number of fused-ring (bicyclic) bond motifs is 1. The Labute approximate surface area is 143 Å². The quantitative estimate of drug-likeness (QED) is 0.837. The van der Waals surface area contributed by atoms with Gasteiger partial charge >= 0.3 is 0 Å². The molecule has 0 saturated carbocycles. The van der Waals surface area contributed by atoms with Gasteiger partial charge in [-0.3, -0.25) is 9.59 Å². The van der Waals surface area contributed by atoms with Crippen LogP contribution in [-0.4, -0.2) is 54.4 Å². The van der Waals surface area contributed by atoms with Crippen molar-refractivity contribution in [2.24, 2.45) is 5.92 Å². The van der Waals surface area contributed by atoms with Crippen LogP contribution in [0.1, 0.15) is 43.0 Å². The highest BCUT2D eigenvalue weighted by atomic mass is 16.5. The Balaban J connectivity index is 1.84. The Morgan fingerprint density at radius 1 is 1.12 bits per heavy atom. The standard InChI is InChI=1S/C19H26N2O3/c1-14(22)20-12-10-17-15(13-20)7-5-6-11-21(17)19(23)16-8-3-4-9-18(16)24-2/h3-4,8-9,15,17H,5-7,10-13H2,1-2H3/t15-,17-/m1/s1. The lowest BCUT2D eigenvalue weighted by molar-refractivity contribution is -0.131. The van der Waals surface area contributed by atoms with E-state index in [1.54, 1.807) is 14.0 Å². The molecule has 2 fully saturated rings. The Hall–Kier alpha value is -2.04. The lowest BCUT2D eigenvalue weighted by atomic mass is 9.88. The van der Waals surface area contributed by atoms with E-state index in [0.717, 1.165) is 45.3 Å². The molecule has 1 aromatic carbocycles. The summed E-state index contributed by atoms with van der Waals surface area (Å²) in [5, 5.41) is 0. The summed E-state index contributed by atoms with van der Waals surface area (Å²) in [7, 11) is 1.60. The van der Waals surface area contributed by atoms with Crippen LogP contribution in [0.15, 0.2) is 24.3 Å². The summed E-state index contributed by atoms with van der Waals surface area (Å²) >= 11 is 0. The minimum atomic E-state index is 0.0561. The van der Waals surface area contributed by atoms with Gasteiger partial charge in [0.1, 0.15) is 5.75 Å². The van der Waals surface area contributed by atoms with Gasteiger partial charge in [-0.25, -0.2) is 0 Å². The third-order valence-corrected chi connectivity index (χ3v) is 5.36. The second-order valence-corrected chi connectivity index (χ2v) is 6.78. The van der Waals surface area contributed by atoms with E-state index in [2.05, 4.69) is 0 Å². The predicted octanol–water partition coefficient (Wildman–Crippen LogP) is 2.56. The third-order valence-electron chi connectivity index (χ3n) is 5.36. The summed E-state index contributed by atoms with van der Waals surface area (Å²) in [4.78, 5) is 28.8. The van der Waals surface area contributed by atoms with Gasteiger partial charge in [-0.05, 0) is 37.3 Å². The number of likely N-dealkylation sites (tertiary alicyclic amines) is 2. The van der Waals surface area contributed by atoms with Crippen molar-refractivity contribution in [3.8, 4) is 5.75 Å². The molecule has 0 radical (unpaired) electrons. The van der Waals surface area contributed by atoms with Crippen LogP contribution in [0.25, 0.3) is 0 Å². The minimum absolute atomic E-state index is 0.0561. The molecule has 24 heavy (non-hydrogen) atoms. The minimum Gasteiger partial charge on any atom is -0.496 e. The highest BCUT2D eigenvalue weighted by Crippen LogP contribution is 2.32. The van der Waals surface area contributed by atoms with E-state index < -0.39 is 0 Å². The van der Waals surface area contributed by atoms with Gasteiger partial charge in [0, 0.05) is 32.6 Å². The van der Waals surface area contributed by atoms with Crippen LogP contribution in [-0.2, 0) is 4.79 Å². The first-order valence-electron chi connectivity index (χ1n) is 8.81. The molecule has 2 aliphatic rings. The summed E-state index contributed by atoms with van der Waals surface area (Å²) < 4.78 is 5.37. The van der Waals surface area contributed by atoms with Gasteiger partial charge in [-0.2, -0.15) is 0 Å². The highest BCUT2D eigenvalue weighted by molar-refractivity contribution is 5.97. The molecule has 5 heteroatoms. The summed E-state index contributed by atoms with van der Waals surface area (Å²) in [5.74, 6) is 1.20. The Morgan fingerprint density at radius 2 is 1.92 bits per heavy atom. The lowest BCUT2D eigenvalue weighted by Gasteiger charge is -2.42. The van der Waals surface area contributed by atoms with Crippen molar-refractivity contribution in [1.82, 2.24) is 9.80 Å². The molecule has 2 saturated heterocycles. The number of nitrogens with zero attached hydrogens (tertiary/aromatic N) is 2. The van der Waals surface area contributed by atoms with Gasteiger partial charge in [0.2, 0.25) is 5.91 Å². The second-order valence-electron chi connectivity index (χ2n) is 6.78. The van der Waals surface area contributed by atoms with Gasteiger partial charge in [0.15, 0.2) is 0 Å². The molecular formula is C19H26N2O3. The summed E-state index contributed by atoms with van der Waals surface area (Å²) in [5.41, 5.74) is 0.634. The fourth-order valence-electron chi connectivity index (χ4n) is 4.08. The summed E-state index contributed by atoms with van der Waals surface area (Å²) in [6.45, 7) is 3.94. The maximum Gasteiger partial charge on any atom is 0.257 e. The average Bonchev–Trinajstić information content (AvgIpc) is 2.82. The largest absolute Gasteiger partial charge is 0.496 e. The van der Waals surface area contributed by atoms with Crippen LogP contribution < -0.4 is 4.74 Å².